The van der Waals surface area contributed by atoms with Crippen molar-refractivity contribution in [2.75, 3.05) is 0 Å². The molecule has 0 amide bonds. The molecule has 1 aromatic carbocycles. The molecule has 2 heterocycles. The van der Waals surface area contributed by atoms with Gasteiger partial charge in [-0.2, -0.15) is 0 Å². The Morgan fingerprint density at radius 1 is 1.30 bits per heavy atom. The van der Waals surface area contributed by atoms with Gasteiger partial charge < -0.3 is 10.1 Å². The zero-order valence-corrected chi connectivity index (χ0v) is 14.0. The molecule has 9 heteroatoms. The number of hydrogen-bond acceptors (Lipinski definition) is 7. The van der Waals surface area contributed by atoms with Crippen LogP contribution in [0.4, 0.5) is 5.82 Å². The van der Waals surface area contributed by atoms with Crippen LogP contribution in [0.5, 0.6) is 0 Å². The van der Waals surface area contributed by atoms with Crippen LogP contribution < -0.4 is 0 Å². The molecule has 118 valence electrons. The molecule has 3 rings (SSSR count). The SMILES string of the molecule is CC(Sc1nnc(-c2ncc([N+](=O)[O-])n2C)s1)c1ccccc1. The Kier molecular flexibility index (Phi) is 4.39. The summed E-state index contributed by atoms with van der Waals surface area (Å²) in [4.78, 5) is 14.5. The van der Waals surface area contributed by atoms with Crippen LogP contribution in [-0.2, 0) is 7.05 Å². The average molecular weight is 347 g/mol. The summed E-state index contributed by atoms with van der Waals surface area (Å²) in [5, 5.41) is 20.0. The molecule has 2 aromatic heterocycles. The van der Waals surface area contributed by atoms with E-state index in [4.69, 9.17) is 0 Å². The van der Waals surface area contributed by atoms with E-state index in [0.717, 1.165) is 4.34 Å². The van der Waals surface area contributed by atoms with Crippen molar-refractivity contribution in [1.82, 2.24) is 19.7 Å². The lowest BCUT2D eigenvalue weighted by Crippen LogP contribution is -1.98. The van der Waals surface area contributed by atoms with Crippen LogP contribution in [0.2, 0.25) is 0 Å². The summed E-state index contributed by atoms with van der Waals surface area (Å²) in [6.07, 6.45) is 1.23. The first-order valence-corrected chi connectivity index (χ1v) is 8.47. The highest BCUT2D eigenvalue weighted by atomic mass is 32.2. The summed E-state index contributed by atoms with van der Waals surface area (Å²) < 4.78 is 2.22. The van der Waals surface area contributed by atoms with Crippen molar-refractivity contribution in [2.45, 2.75) is 16.5 Å². The monoisotopic (exact) mass is 347 g/mol. The van der Waals surface area contributed by atoms with E-state index in [1.165, 1.54) is 27.7 Å². The molecule has 0 spiro atoms. The van der Waals surface area contributed by atoms with E-state index in [2.05, 4.69) is 34.2 Å². The fourth-order valence-electron chi connectivity index (χ4n) is 2.06. The lowest BCUT2D eigenvalue weighted by molar-refractivity contribution is -0.391. The summed E-state index contributed by atoms with van der Waals surface area (Å²) >= 11 is 2.99. The molecule has 0 N–H and O–H groups in total. The highest BCUT2D eigenvalue weighted by Crippen LogP contribution is 2.38. The van der Waals surface area contributed by atoms with Crippen LogP contribution in [0.3, 0.4) is 0 Å². The third-order valence-electron chi connectivity index (χ3n) is 3.30. The standard InChI is InChI=1S/C14H13N5O2S2/c1-9(10-6-4-3-5-7-10)22-14-17-16-13(23-14)12-15-8-11(18(12)2)19(20)21/h3-9H,1-2H3. The Balaban J connectivity index is 1.80. The topological polar surface area (TPSA) is 86.7 Å². The summed E-state index contributed by atoms with van der Waals surface area (Å²) in [7, 11) is 1.60. The predicted octanol–water partition coefficient (Wildman–Crippen LogP) is 3.70. The highest BCUT2D eigenvalue weighted by molar-refractivity contribution is 8.01. The van der Waals surface area contributed by atoms with Crippen LogP contribution in [0.25, 0.3) is 10.8 Å². The maximum atomic E-state index is 10.9. The zero-order valence-electron chi connectivity index (χ0n) is 12.4. The first-order valence-electron chi connectivity index (χ1n) is 6.78. The van der Waals surface area contributed by atoms with Gasteiger partial charge in [-0.15, -0.1) is 10.2 Å². The van der Waals surface area contributed by atoms with E-state index in [1.807, 2.05) is 18.2 Å². The van der Waals surface area contributed by atoms with Crippen molar-refractivity contribution < 1.29 is 4.92 Å². The van der Waals surface area contributed by atoms with E-state index in [-0.39, 0.29) is 11.1 Å². The number of benzene rings is 1. The minimum Gasteiger partial charge on any atom is -0.358 e. The number of imidazole rings is 1. The summed E-state index contributed by atoms with van der Waals surface area (Å²) in [5.74, 6) is 0.385. The maximum Gasteiger partial charge on any atom is 0.342 e. The first kappa shape index (κ1) is 15.6. The molecular formula is C14H13N5O2S2. The number of rotatable bonds is 5. The number of nitrogens with zero attached hydrogens (tertiary/aromatic N) is 5. The van der Waals surface area contributed by atoms with Crippen LogP contribution >= 0.6 is 23.1 Å². The molecule has 0 aliphatic carbocycles. The van der Waals surface area contributed by atoms with Gasteiger partial charge in [0.05, 0.1) is 7.05 Å². The van der Waals surface area contributed by atoms with Gasteiger partial charge in [0.1, 0.15) is 6.20 Å². The highest BCUT2D eigenvalue weighted by Gasteiger charge is 2.22. The van der Waals surface area contributed by atoms with E-state index in [9.17, 15) is 10.1 Å². The largest absolute Gasteiger partial charge is 0.358 e. The fourth-order valence-corrected chi connectivity index (χ4v) is 4.22. The molecule has 1 atom stereocenters. The third-order valence-corrected chi connectivity index (χ3v) is 5.46. The fraction of sp³-hybridized carbons (Fsp3) is 0.214. The van der Waals surface area contributed by atoms with Gasteiger partial charge in [-0.25, -0.2) is 9.55 Å². The lowest BCUT2D eigenvalue weighted by Gasteiger charge is -2.08. The number of nitro groups is 1. The smallest absolute Gasteiger partial charge is 0.342 e. The van der Waals surface area contributed by atoms with E-state index >= 15 is 0 Å². The number of thioether (sulfide) groups is 1. The molecule has 0 bridgehead atoms. The number of aromatic nitrogens is 4. The second-order valence-electron chi connectivity index (χ2n) is 4.80. The van der Waals surface area contributed by atoms with Gasteiger partial charge in [-0.1, -0.05) is 53.4 Å². The van der Waals surface area contributed by atoms with Crippen molar-refractivity contribution in [3.05, 3.63) is 52.2 Å². The normalized spacial score (nSPS) is 12.3. The zero-order chi connectivity index (χ0) is 16.4. The summed E-state index contributed by atoms with van der Waals surface area (Å²) in [6.45, 7) is 2.10. The molecule has 7 nitrogen and oxygen atoms in total. The summed E-state index contributed by atoms with van der Waals surface area (Å²) in [6, 6.07) is 10.1. The third kappa shape index (κ3) is 3.25. The van der Waals surface area contributed by atoms with Crippen LogP contribution in [0.15, 0.2) is 40.9 Å². The van der Waals surface area contributed by atoms with Gasteiger partial charge in [-0.3, -0.25) is 0 Å². The second kappa shape index (κ2) is 6.47. The van der Waals surface area contributed by atoms with Gasteiger partial charge in [0.25, 0.3) is 5.82 Å². The minimum absolute atomic E-state index is 0.0675. The Labute approximate surface area is 140 Å². The molecule has 0 aliphatic heterocycles. The molecule has 0 fully saturated rings. The molecule has 1 unspecified atom stereocenters. The van der Waals surface area contributed by atoms with Crippen molar-refractivity contribution in [2.24, 2.45) is 7.05 Å². The van der Waals surface area contributed by atoms with E-state index < -0.39 is 4.92 Å². The minimum atomic E-state index is -0.468. The molecule has 0 radical (unpaired) electrons. The Morgan fingerprint density at radius 3 is 2.70 bits per heavy atom. The van der Waals surface area contributed by atoms with Crippen molar-refractivity contribution in [3.63, 3.8) is 0 Å². The molecule has 0 saturated carbocycles. The Hall–Kier alpha value is -2.26. The molecule has 0 saturated heterocycles. The van der Waals surface area contributed by atoms with E-state index in [1.54, 1.807) is 18.8 Å². The van der Waals surface area contributed by atoms with Crippen LogP contribution in [-0.4, -0.2) is 24.7 Å². The molecular weight excluding hydrogens is 334 g/mol. The van der Waals surface area contributed by atoms with Crippen molar-refractivity contribution in [3.8, 4) is 10.8 Å². The average Bonchev–Trinajstić information content (AvgIpc) is 3.14. The maximum absolute atomic E-state index is 10.9. The number of hydrogen-bond donors (Lipinski definition) is 0. The van der Waals surface area contributed by atoms with Crippen LogP contribution in [0.1, 0.15) is 17.7 Å². The van der Waals surface area contributed by atoms with Crippen molar-refractivity contribution >= 4 is 28.9 Å². The first-order chi connectivity index (χ1) is 11.1. The summed E-state index contributed by atoms with van der Waals surface area (Å²) in [5.41, 5.74) is 1.21. The van der Waals surface area contributed by atoms with Gasteiger partial charge in [0.2, 0.25) is 5.01 Å². The Morgan fingerprint density at radius 2 is 2.04 bits per heavy atom. The molecule has 3 aromatic rings. The molecule has 23 heavy (non-hydrogen) atoms. The molecule has 0 aliphatic rings. The van der Waals surface area contributed by atoms with Gasteiger partial charge in [0.15, 0.2) is 4.34 Å². The lowest BCUT2D eigenvalue weighted by atomic mass is 10.2. The van der Waals surface area contributed by atoms with E-state index in [0.29, 0.717) is 10.8 Å². The van der Waals surface area contributed by atoms with Gasteiger partial charge in [0, 0.05) is 5.25 Å². The second-order valence-corrected chi connectivity index (χ2v) is 7.37. The van der Waals surface area contributed by atoms with Gasteiger partial charge in [-0.05, 0) is 17.4 Å². The quantitative estimate of drug-likeness (QED) is 0.397. The van der Waals surface area contributed by atoms with Crippen molar-refractivity contribution in [1.29, 1.82) is 0 Å². The van der Waals surface area contributed by atoms with Crippen LogP contribution in [0, 0.1) is 10.1 Å². The van der Waals surface area contributed by atoms with Gasteiger partial charge >= 0.3 is 5.82 Å². The Bertz CT molecular complexity index is 831. The predicted molar refractivity (Wildman–Crippen MR) is 89.5 cm³/mol.